The van der Waals surface area contributed by atoms with Gasteiger partial charge in [0, 0.05) is 13.2 Å². The molecule has 4 aromatic carbocycles. The molecule has 0 spiro atoms. The lowest BCUT2D eigenvalue weighted by atomic mass is 10.1. The molecule has 2 nitrogen and oxygen atoms in total. The first-order valence-corrected chi connectivity index (χ1v) is 12.2. The minimum Gasteiger partial charge on any atom is -0.268 e. The SMILES string of the molecule is Cc1cccc(P(c2ccccc2)c2ccccc2)c1.Cl.Cn1nccc1-c1ccc(F)cc1. The molecule has 0 saturated heterocycles. The summed E-state index contributed by atoms with van der Waals surface area (Å²) in [6.07, 6.45) is 1.72. The van der Waals surface area contributed by atoms with Crippen LogP contribution >= 0.6 is 20.3 Å². The molecule has 0 atom stereocenters. The van der Waals surface area contributed by atoms with Crippen LogP contribution in [0.1, 0.15) is 5.56 Å². The van der Waals surface area contributed by atoms with Crippen LogP contribution in [0.15, 0.2) is 121 Å². The maximum absolute atomic E-state index is 12.6. The molecule has 5 aromatic rings. The van der Waals surface area contributed by atoms with Crippen molar-refractivity contribution in [2.24, 2.45) is 7.05 Å². The van der Waals surface area contributed by atoms with E-state index in [0.717, 1.165) is 11.3 Å². The third-order valence-corrected chi connectivity index (χ3v) is 7.67. The topological polar surface area (TPSA) is 17.8 Å². The van der Waals surface area contributed by atoms with E-state index >= 15 is 0 Å². The van der Waals surface area contributed by atoms with Crippen LogP contribution in [0, 0.1) is 12.7 Å². The first kappa shape index (κ1) is 25.4. The van der Waals surface area contributed by atoms with Crippen molar-refractivity contribution in [3.05, 3.63) is 133 Å². The van der Waals surface area contributed by atoms with Crippen LogP contribution in [0.2, 0.25) is 0 Å². The van der Waals surface area contributed by atoms with Gasteiger partial charge in [0.05, 0.1) is 5.69 Å². The van der Waals surface area contributed by atoms with Gasteiger partial charge in [-0.1, -0.05) is 90.5 Å². The van der Waals surface area contributed by atoms with E-state index in [9.17, 15) is 4.39 Å². The third-order valence-electron chi connectivity index (χ3n) is 5.25. The smallest absolute Gasteiger partial charge is 0.123 e. The Morgan fingerprint density at radius 1 is 0.676 bits per heavy atom. The fourth-order valence-electron chi connectivity index (χ4n) is 3.65. The number of hydrogen-bond donors (Lipinski definition) is 0. The van der Waals surface area contributed by atoms with Crippen molar-refractivity contribution in [2.45, 2.75) is 6.92 Å². The normalized spacial score (nSPS) is 10.2. The molecule has 0 radical (unpaired) electrons. The zero-order valence-corrected chi connectivity index (χ0v) is 20.9. The Hall–Kier alpha value is -3.26. The summed E-state index contributed by atoms with van der Waals surface area (Å²) in [5, 5.41) is 8.26. The average molecular weight is 489 g/mol. The largest absolute Gasteiger partial charge is 0.268 e. The summed E-state index contributed by atoms with van der Waals surface area (Å²) < 4.78 is 14.4. The Bertz CT molecular complexity index is 1250. The fourth-order valence-corrected chi connectivity index (χ4v) is 6.05. The zero-order valence-electron chi connectivity index (χ0n) is 19.2. The molecule has 34 heavy (non-hydrogen) atoms. The van der Waals surface area contributed by atoms with E-state index in [0.29, 0.717) is 0 Å². The summed E-state index contributed by atoms with van der Waals surface area (Å²) in [6, 6.07) is 38.8. The van der Waals surface area contributed by atoms with E-state index in [1.54, 1.807) is 23.0 Å². The van der Waals surface area contributed by atoms with Crippen molar-refractivity contribution in [1.82, 2.24) is 9.78 Å². The molecule has 1 heterocycles. The molecular formula is C29H27ClFN2P. The molecule has 0 bridgehead atoms. The second-order valence-electron chi connectivity index (χ2n) is 7.69. The molecule has 1 aromatic heterocycles. The molecule has 0 aliphatic heterocycles. The first-order chi connectivity index (χ1) is 16.1. The highest BCUT2D eigenvalue weighted by Gasteiger charge is 2.15. The highest BCUT2D eigenvalue weighted by Crippen LogP contribution is 2.32. The van der Waals surface area contributed by atoms with E-state index in [2.05, 4.69) is 97.0 Å². The third kappa shape index (κ3) is 6.41. The Kier molecular flexibility index (Phi) is 9.16. The number of aryl methyl sites for hydroxylation is 2. The van der Waals surface area contributed by atoms with Gasteiger partial charge in [-0.05, 0) is 66.7 Å². The van der Waals surface area contributed by atoms with Crippen LogP contribution in [0.5, 0.6) is 0 Å². The van der Waals surface area contributed by atoms with Crippen LogP contribution in [-0.2, 0) is 7.05 Å². The van der Waals surface area contributed by atoms with Gasteiger partial charge in [0.25, 0.3) is 0 Å². The number of hydrogen-bond acceptors (Lipinski definition) is 1. The summed E-state index contributed by atoms with van der Waals surface area (Å²) in [4.78, 5) is 0. The number of rotatable bonds is 4. The summed E-state index contributed by atoms with van der Waals surface area (Å²) in [7, 11) is 1.40. The van der Waals surface area contributed by atoms with Crippen LogP contribution in [0.3, 0.4) is 0 Å². The van der Waals surface area contributed by atoms with Crippen molar-refractivity contribution in [3.63, 3.8) is 0 Å². The van der Waals surface area contributed by atoms with E-state index < -0.39 is 7.92 Å². The Balaban J connectivity index is 0.000000201. The van der Waals surface area contributed by atoms with Crippen LogP contribution in [-0.4, -0.2) is 9.78 Å². The number of benzene rings is 4. The lowest BCUT2D eigenvalue weighted by Crippen LogP contribution is -2.20. The molecule has 172 valence electrons. The van der Waals surface area contributed by atoms with E-state index in [-0.39, 0.29) is 18.2 Å². The van der Waals surface area contributed by atoms with Crippen molar-refractivity contribution >= 4 is 36.2 Å². The maximum Gasteiger partial charge on any atom is 0.123 e. The molecule has 0 fully saturated rings. The minimum absolute atomic E-state index is 0. The predicted molar refractivity (Wildman–Crippen MR) is 146 cm³/mol. The standard InChI is InChI=1S/C19H17P.C10H9FN2.ClH/c1-16-9-8-14-19(15-16)20(17-10-4-2-5-11-17)18-12-6-3-7-13-18;1-13-10(6-7-12-13)8-2-4-9(11)5-3-8;/h2-15H,1H3;2-7H,1H3;1H. The van der Waals surface area contributed by atoms with Gasteiger partial charge in [0.1, 0.15) is 5.82 Å². The summed E-state index contributed by atoms with van der Waals surface area (Å²) >= 11 is 0. The van der Waals surface area contributed by atoms with E-state index in [1.165, 1.54) is 33.6 Å². The van der Waals surface area contributed by atoms with Gasteiger partial charge in [0.15, 0.2) is 0 Å². The number of aromatic nitrogens is 2. The summed E-state index contributed by atoms with van der Waals surface area (Å²) in [5.41, 5.74) is 3.28. The molecule has 0 aliphatic carbocycles. The van der Waals surface area contributed by atoms with Crippen LogP contribution < -0.4 is 15.9 Å². The quantitative estimate of drug-likeness (QED) is 0.268. The lowest BCUT2D eigenvalue weighted by Gasteiger charge is -2.19. The highest BCUT2D eigenvalue weighted by atomic mass is 35.5. The Labute approximate surface area is 208 Å². The number of nitrogens with zero attached hydrogens (tertiary/aromatic N) is 2. The van der Waals surface area contributed by atoms with Gasteiger partial charge < -0.3 is 0 Å². The van der Waals surface area contributed by atoms with E-state index in [1.807, 2.05) is 13.1 Å². The van der Waals surface area contributed by atoms with Gasteiger partial charge in [-0.25, -0.2) is 4.39 Å². The Morgan fingerprint density at radius 3 is 1.74 bits per heavy atom. The lowest BCUT2D eigenvalue weighted by molar-refractivity contribution is 0.628. The molecular weight excluding hydrogens is 462 g/mol. The fraction of sp³-hybridized carbons (Fsp3) is 0.0690. The molecule has 5 heteroatoms. The van der Waals surface area contributed by atoms with Crippen molar-refractivity contribution < 1.29 is 4.39 Å². The molecule has 0 amide bonds. The summed E-state index contributed by atoms with van der Waals surface area (Å²) in [6.45, 7) is 2.16. The van der Waals surface area contributed by atoms with Crippen LogP contribution in [0.4, 0.5) is 4.39 Å². The second kappa shape index (κ2) is 12.3. The average Bonchev–Trinajstić information content (AvgIpc) is 3.27. The maximum atomic E-state index is 12.6. The molecule has 0 saturated carbocycles. The monoisotopic (exact) mass is 488 g/mol. The van der Waals surface area contributed by atoms with Gasteiger partial charge >= 0.3 is 0 Å². The zero-order chi connectivity index (χ0) is 23.0. The van der Waals surface area contributed by atoms with Crippen LogP contribution in [0.25, 0.3) is 11.3 Å². The van der Waals surface area contributed by atoms with Crippen molar-refractivity contribution in [1.29, 1.82) is 0 Å². The molecule has 0 unspecified atom stereocenters. The van der Waals surface area contributed by atoms with Gasteiger partial charge in [0.2, 0.25) is 0 Å². The van der Waals surface area contributed by atoms with Gasteiger partial charge in [-0.15, -0.1) is 12.4 Å². The molecule has 0 N–H and O–H groups in total. The summed E-state index contributed by atoms with van der Waals surface area (Å²) in [5.74, 6) is -0.217. The molecule has 0 aliphatic rings. The molecule has 5 rings (SSSR count). The first-order valence-electron chi connectivity index (χ1n) is 10.8. The van der Waals surface area contributed by atoms with E-state index in [4.69, 9.17) is 0 Å². The minimum atomic E-state index is -0.462. The van der Waals surface area contributed by atoms with Crippen molar-refractivity contribution in [3.8, 4) is 11.3 Å². The Morgan fingerprint density at radius 2 is 1.24 bits per heavy atom. The van der Waals surface area contributed by atoms with Crippen molar-refractivity contribution in [2.75, 3.05) is 0 Å². The number of halogens is 2. The predicted octanol–water partition coefficient (Wildman–Crippen LogP) is 6.40. The highest BCUT2D eigenvalue weighted by molar-refractivity contribution is 7.79. The second-order valence-corrected chi connectivity index (χ2v) is 9.91. The van der Waals surface area contributed by atoms with Gasteiger partial charge in [-0.3, -0.25) is 4.68 Å². The van der Waals surface area contributed by atoms with Gasteiger partial charge in [-0.2, -0.15) is 5.10 Å².